The number of carbonyl (C=O) groups excluding carboxylic acids is 1. The standard InChI is InChI=1S/C26H15ClF2N4O2/c27-18-7-6-16(12-20(18)29)23-24(33-10-8-14-4-2-9-30-22(14)26(33)34)32-25(35-23)17-11-15-3-1-5-19(28)21(15)31-13-17/h1-7,9,11-13H,8,10H2. The van der Waals surface area contributed by atoms with Gasteiger partial charge in [0, 0.05) is 29.9 Å². The smallest absolute Gasteiger partial charge is 0.278 e. The van der Waals surface area contributed by atoms with E-state index in [1.807, 2.05) is 6.07 Å². The van der Waals surface area contributed by atoms with Crippen molar-refractivity contribution in [3.05, 3.63) is 94.9 Å². The molecule has 0 saturated heterocycles. The first-order valence-corrected chi connectivity index (χ1v) is 11.1. The molecule has 2 aromatic carbocycles. The number of amides is 1. The summed E-state index contributed by atoms with van der Waals surface area (Å²) in [4.78, 5) is 27.8. The van der Waals surface area contributed by atoms with Crippen molar-refractivity contribution in [1.82, 2.24) is 15.0 Å². The highest BCUT2D eigenvalue weighted by atomic mass is 35.5. The van der Waals surface area contributed by atoms with Crippen molar-refractivity contribution in [2.24, 2.45) is 0 Å². The number of nitrogens with zero attached hydrogens (tertiary/aromatic N) is 4. The molecule has 5 aromatic rings. The second-order valence-electron chi connectivity index (χ2n) is 8.05. The van der Waals surface area contributed by atoms with E-state index in [-0.39, 0.29) is 33.9 Å². The normalized spacial score (nSPS) is 13.3. The monoisotopic (exact) mass is 488 g/mol. The number of hydrogen-bond acceptors (Lipinski definition) is 5. The Balaban J connectivity index is 1.51. The number of aromatic nitrogens is 3. The lowest BCUT2D eigenvalue weighted by Crippen LogP contribution is -2.38. The molecular formula is C26H15ClF2N4O2. The molecule has 4 heterocycles. The fraction of sp³-hybridized carbons (Fsp3) is 0.0769. The predicted molar refractivity (Wildman–Crippen MR) is 127 cm³/mol. The largest absolute Gasteiger partial charge is 0.434 e. The first-order valence-electron chi connectivity index (χ1n) is 10.8. The van der Waals surface area contributed by atoms with Crippen LogP contribution in [0.25, 0.3) is 33.7 Å². The van der Waals surface area contributed by atoms with Gasteiger partial charge < -0.3 is 4.42 Å². The molecule has 1 amide bonds. The third-order valence-electron chi connectivity index (χ3n) is 5.90. The average Bonchev–Trinajstić information content (AvgIpc) is 3.31. The van der Waals surface area contributed by atoms with E-state index in [2.05, 4.69) is 15.0 Å². The molecule has 35 heavy (non-hydrogen) atoms. The molecule has 0 N–H and O–H groups in total. The van der Waals surface area contributed by atoms with Crippen LogP contribution in [-0.2, 0) is 6.42 Å². The van der Waals surface area contributed by atoms with E-state index in [9.17, 15) is 13.6 Å². The third-order valence-corrected chi connectivity index (χ3v) is 6.21. The van der Waals surface area contributed by atoms with Crippen molar-refractivity contribution in [2.75, 3.05) is 11.4 Å². The highest BCUT2D eigenvalue weighted by Gasteiger charge is 2.32. The second kappa shape index (κ2) is 8.25. The van der Waals surface area contributed by atoms with Crippen LogP contribution in [0.5, 0.6) is 0 Å². The molecule has 0 unspecified atom stereocenters. The number of para-hydroxylation sites is 1. The van der Waals surface area contributed by atoms with Crippen LogP contribution < -0.4 is 4.90 Å². The second-order valence-corrected chi connectivity index (χ2v) is 8.46. The van der Waals surface area contributed by atoms with Crippen molar-refractivity contribution in [3.63, 3.8) is 0 Å². The van der Waals surface area contributed by atoms with E-state index in [1.54, 1.807) is 36.5 Å². The van der Waals surface area contributed by atoms with E-state index in [0.29, 0.717) is 35.2 Å². The molecule has 0 saturated carbocycles. The van der Waals surface area contributed by atoms with Gasteiger partial charge in [0.25, 0.3) is 5.91 Å². The lowest BCUT2D eigenvalue weighted by Gasteiger charge is -2.26. The first-order chi connectivity index (χ1) is 17.0. The van der Waals surface area contributed by atoms with Crippen molar-refractivity contribution in [2.45, 2.75) is 6.42 Å². The van der Waals surface area contributed by atoms with Crippen LogP contribution in [0.2, 0.25) is 5.02 Å². The SMILES string of the molecule is O=C1c2ncccc2CCN1c1nc(-c2cnc3c(F)cccc3c2)oc1-c1ccc(Cl)c(F)c1. The van der Waals surface area contributed by atoms with Gasteiger partial charge in [-0.2, -0.15) is 4.98 Å². The zero-order chi connectivity index (χ0) is 24.1. The van der Waals surface area contributed by atoms with Crippen molar-refractivity contribution in [1.29, 1.82) is 0 Å². The van der Waals surface area contributed by atoms with Gasteiger partial charge in [0.15, 0.2) is 11.6 Å². The summed E-state index contributed by atoms with van der Waals surface area (Å²) >= 11 is 5.87. The van der Waals surface area contributed by atoms with Crippen molar-refractivity contribution in [3.8, 4) is 22.8 Å². The number of benzene rings is 2. The minimum atomic E-state index is -0.632. The lowest BCUT2D eigenvalue weighted by atomic mass is 10.0. The number of carbonyl (C=O) groups is 1. The summed E-state index contributed by atoms with van der Waals surface area (Å²) in [5, 5.41) is 0.525. The van der Waals surface area contributed by atoms with Crippen LogP contribution in [0.3, 0.4) is 0 Å². The maximum absolute atomic E-state index is 14.3. The van der Waals surface area contributed by atoms with Crippen LogP contribution in [0.1, 0.15) is 16.1 Å². The van der Waals surface area contributed by atoms with E-state index in [4.69, 9.17) is 16.0 Å². The molecular weight excluding hydrogens is 474 g/mol. The molecule has 0 aliphatic carbocycles. The van der Waals surface area contributed by atoms with Crippen LogP contribution in [0.15, 0.2) is 71.4 Å². The van der Waals surface area contributed by atoms with E-state index in [1.165, 1.54) is 29.3 Å². The van der Waals surface area contributed by atoms with Gasteiger partial charge in [0.2, 0.25) is 5.89 Å². The summed E-state index contributed by atoms with van der Waals surface area (Å²) in [7, 11) is 0. The summed E-state index contributed by atoms with van der Waals surface area (Å²) in [6.07, 6.45) is 3.58. The molecule has 0 bridgehead atoms. The van der Waals surface area contributed by atoms with Gasteiger partial charge in [0.1, 0.15) is 22.8 Å². The van der Waals surface area contributed by atoms with Crippen molar-refractivity contribution >= 4 is 34.2 Å². The fourth-order valence-corrected chi connectivity index (χ4v) is 4.30. The van der Waals surface area contributed by atoms with Gasteiger partial charge in [-0.3, -0.25) is 19.7 Å². The Morgan fingerprint density at radius 3 is 2.71 bits per heavy atom. The molecule has 0 fully saturated rings. The minimum Gasteiger partial charge on any atom is -0.434 e. The number of rotatable bonds is 3. The van der Waals surface area contributed by atoms with Crippen LogP contribution in [0, 0.1) is 11.6 Å². The lowest BCUT2D eigenvalue weighted by molar-refractivity contribution is 0.0974. The number of halogens is 3. The summed E-state index contributed by atoms with van der Waals surface area (Å²) in [6.45, 7) is 0.341. The predicted octanol–water partition coefficient (Wildman–Crippen LogP) is 6.09. The van der Waals surface area contributed by atoms with Gasteiger partial charge in [-0.05, 0) is 48.4 Å². The summed E-state index contributed by atoms with van der Waals surface area (Å²) in [5.74, 6) is -0.827. The number of pyridine rings is 2. The Kier molecular flexibility index (Phi) is 5.04. The molecule has 9 heteroatoms. The topological polar surface area (TPSA) is 72.1 Å². The highest BCUT2D eigenvalue weighted by molar-refractivity contribution is 6.30. The van der Waals surface area contributed by atoms with E-state index >= 15 is 0 Å². The molecule has 1 aliphatic heterocycles. The molecule has 1 aliphatic rings. The summed E-state index contributed by atoms with van der Waals surface area (Å²) < 4.78 is 34.5. The maximum Gasteiger partial charge on any atom is 0.278 e. The Hall–Kier alpha value is -4.17. The Labute approximate surface area is 202 Å². The Morgan fingerprint density at radius 2 is 1.86 bits per heavy atom. The van der Waals surface area contributed by atoms with Gasteiger partial charge in [-0.25, -0.2) is 8.78 Å². The molecule has 0 atom stereocenters. The number of fused-ring (bicyclic) bond motifs is 2. The molecule has 0 radical (unpaired) electrons. The van der Waals surface area contributed by atoms with E-state index in [0.717, 1.165) is 5.56 Å². The molecule has 3 aromatic heterocycles. The van der Waals surface area contributed by atoms with E-state index < -0.39 is 11.6 Å². The zero-order valence-corrected chi connectivity index (χ0v) is 18.8. The van der Waals surface area contributed by atoms with Crippen molar-refractivity contribution < 1.29 is 18.0 Å². The Morgan fingerprint density at radius 1 is 0.971 bits per heavy atom. The van der Waals surface area contributed by atoms with Crippen LogP contribution >= 0.6 is 11.6 Å². The molecule has 172 valence electrons. The van der Waals surface area contributed by atoms with Crippen LogP contribution in [-0.4, -0.2) is 27.4 Å². The maximum atomic E-state index is 14.3. The minimum absolute atomic E-state index is 0.0389. The zero-order valence-electron chi connectivity index (χ0n) is 18.0. The molecule has 0 spiro atoms. The average molecular weight is 489 g/mol. The van der Waals surface area contributed by atoms with Gasteiger partial charge >= 0.3 is 0 Å². The van der Waals surface area contributed by atoms with Gasteiger partial charge in [-0.1, -0.05) is 29.8 Å². The number of hydrogen-bond donors (Lipinski definition) is 0. The highest BCUT2D eigenvalue weighted by Crippen LogP contribution is 2.38. The third kappa shape index (κ3) is 3.63. The number of oxazole rings is 1. The fourth-order valence-electron chi connectivity index (χ4n) is 4.18. The van der Waals surface area contributed by atoms with Gasteiger partial charge in [-0.15, -0.1) is 0 Å². The van der Waals surface area contributed by atoms with Gasteiger partial charge in [0.05, 0.1) is 10.6 Å². The quantitative estimate of drug-likeness (QED) is 0.307. The number of anilines is 1. The first kappa shape index (κ1) is 21.4. The summed E-state index contributed by atoms with van der Waals surface area (Å²) in [6, 6.07) is 14.2. The molecule has 6 nitrogen and oxygen atoms in total. The summed E-state index contributed by atoms with van der Waals surface area (Å²) in [5.41, 5.74) is 2.24. The Bertz CT molecular complexity index is 1640. The van der Waals surface area contributed by atoms with Crippen LogP contribution in [0.4, 0.5) is 14.6 Å². The molecule has 6 rings (SSSR count).